The van der Waals surface area contributed by atoms with Gasteiger partial charge in [-0.05, 0) is 29.5 Å². The van der Waals surface area contributed by atoms with Crippen molar-refractivity contribution in [2.75, 3.05) is 6.54 Å². The van der Waals surface area contributed by atoms with E-state index in [0.717, 1.165) is 31.9 Å². The summed E-state index contributed by atoms with van der Waals surface area (Å²) < 4.78 is 5.69. The molecule has 0 radical (unpaired) electrons. The second-order valence-electron chi connectivity index (χ2n) is 5.73. The average Bonchev–Trinajstić information content (AvgIpc) is 3.04. The summed E-state index contributed by atoms with van der Waals surface area (Å²) in [7, 11) is 0. The molecule has 1 aliphatic rings. The topological polar surface area (TPSA) is 28.4 Å². The van der Waals surface area contributed by atoms with Crippen molar-refractivity contribution >= 4 is 11.3 Å². The van der Waals surface area contributed by atoms with E-state index in [9.17, 15) is 0 Å². The number of furan rings is 1. The number of hydrogen-bond donors (Lipinski definition) is 1. The van der Waals surface area contributed by atoms with Crippen LogP contribution < -0.4 is 5.32 Å². The van der Waals surface area contributed by atoms with Crippen molar-refractivity contribution in [3.05, 3.63) is 45.5 Å². The molecule has 0 atom stereocenters. The van der Waals surface area contributed by atoms with Crippen LogP contribution in [-0.4, -0.2) is 17.5 Å². The van der Waals surface area contributed by atoms with Crippen LogP contribution in [0.15, 0.2) is 28.2 Å². The van der Waals surface area contributed by atoms with Crippen LogP contribution in [-0.2, 0) is 26.1 Å². The Morgan fingerprint density at radius 1 is 1.40 bits per heavy atom. The summed E-state index contributed by atoms with van der Waals surface area (Å²) in [6.07, 6.45) is 2.99. The molecule has 0 bridgehead atoms. The Hall–Kier alpha value is -1.10. The van der Waals surface area contributed by atoms with Crippen LogP contribution in [0.5, 0.6) is 0 Å². The Kier molecular flexibility index (Phi) is 4.24. The minimum Gasteiger partial charge on any atom is -0.468 e. The van der Waals surface area contributed by atoms with Crippen molar-refractivity contribution in [1.82, 2.24) is 10.2 Å². The standard InChI is InChI=1S/C16H22N2OS/c1-12(2)17-9-13-4-7-19-15(13)11-18-6-3-16-14(10-18)5-8-20-16/h4-5,7-8,12,17H,3,6,9-11H2,1-2H3. The van der Waals surface area contributed by atoms with Crippen molar-refractivity contribution in [1.29, 1.82) is 0 Å². The average molecular weight is 290 g/mol. The summed E-state index contributed by atoms with van der Waals surface area (Å²) in [4.78, 5) is 4.04. The second-order valence-corrected chi connectivity index (χ2v) is 6.73. The predicted molar refractivity (Wildman–Crippen MR) is 82.8 cm³/mol. The summed E-state index contributed by atoms with van der Waals surface area (Å²) in [6, 6.07) is 4.85. The van der Waals surface area contributed by atoms with Crippen LogP contribution in [0.1, 0.15) is 35.6 Å². The Morgan fingerprint density at radius 2 is 2.30 bits per heavy atom. The molecule has 20 heavy (non-hydrogen) atoms. The summed E-state index contributed by atoms with van der Waals surface area (Å²) in [6.45, 7) is 8.32. The molecular weight excluding hydrogens is 268 g/mol. The molecule has 1 aliphatic heterocycles. The first-order valence-corrected chi connectivity index (χ1v) is 8.16. The Balaban J connectivity index is 1.63. The highest BCUT2D eigenvalue weighted by Crippen LogP contribution is 2.25. The van der Waals surface area contributed by atoms with Gasteiger partial charge in [-0.1, -0.05) is 13.8 Å². The quantitative estimate of drug-likeness (QED) is 0.915. The van der Waals surface area contributed by atoms with E-state index < -0.39 is 0 Å². The van der Waals surface area contributed by atoms with Gasteiger partial charge in [-0.2, -0.15) is 0 Å². The minimum absolute atomic E-state index is 0.501. The van der Waals surface area contributed by atoms with E-state index in [1.54, 1.807) is 4.88 Å². The van der Waals surface area contributed by atoms with E-state index in [2.05, 4.69) is 41.6 Å². The van der Waals surface area contributed by atoms with Crippen LogP contribution in [0.4, 0.5) is 0 Å². The van der Waals surface area contributed by atoms with Crippen molar-refractivity contribution < 1.29 is 4.42 Å². The number of thiophene rings is 1. The Bertz CT molecular complexity index is 558. The van der Waals surface area contributed by atoms with Crippen LogP contribution in [0.3, 0.4) is 0 Å². The van der Waals surface area contributed by atoms with Gasteiger partial charge in [0.05, 0.1) is 12.8 Å². The van der Waals surface area contributed by atoms with Gasteiger partial charge >= 0.3 is 0 Å². The van der Waals surface area contributed by atoms with Crippen LogP contribution >= 0.6 is 11.3 Å². The zero-order valence-electron chi connectivity index (χ0n) is 12.2. The van der Waals surface area contributed by atoms with Gasteiger partial charge in [-0.15, -0.1) is 11.3 Å². The minimum atomic E-state index is 0.501. The third-order valence-corrected chi connectivity index (χ3v) is 4.82. The fourth-order valence-corrected chi connectivity index (χ4v) is 3.51. The maximum absolute atomic E-state index is 5.69. The monoisotopic (exact) mass is 290 g/mol. The number of fused-ring (bicyclic) bond motifs is 1. The van der Waals surface area contributed by atoms with Crippen molar-refractivity contribution in [2.45, 2.75) is 45.9 Å². The molecule has 108 valence electrons. The summed E-state index contributed by atoms with van der Waals surface area (Å²) in [5.74, 6) is 1.11. The molecule has 1 N–H and O–H groups in total. The molecule has 3 rings (SSSR count). The van der Waals surface area contributed by atoms with E-state index in [1.165, 1.54) is 17.5 Å². The molecule has 3 nitrogen and oxygen atoms in total. The molecular formula is C16H22N2OS. The smallest absolute Gasteiger partial charge is 0.122 e. The maximum atomic E-state index is 5.69. The van der Waals surface area contributed by atoms with Crippen molar-refractivity contribution in [3.8, 4) is 0 Å². The number of hydrogen-bond acceptors (Lipinski definition) is 4. The molecule has 0 saturated heterocycles. The van der Waals surface area contributed by atoms with Gasteiger partial charge in [0, 0.05) is 36.1 Å². The van der Waals surface area contributed by atoms with E-state index in [-0.39, 0.29) is 0 Å². The fourth-order valence-electron chi connectivity index (χ4n) is 2.62. The predicted octanol–water partition coefficient (Wildman–Crippen LogP) is 3.40. The van der Waals surface area contributed by atoms with Gasteiger partial charge in [-0.25, -0.2) is 0 Å². The van der Waals surface area contributed by atoms with Crippen molar-refractivity contribution in [2.24, 2.45) is 0 Å². The lowest BCUT2D eigenvalue weighted by molar-refractivity contribution is 0.226. The molecule has 0 saturated carbocycles. The van der Waals surface area contributed by atoms with Gasteiger partial charge in [0.1, 0.15) is 5.76 Å². The molecule has 0 aromatic carbocycles. The molecule has 0 spiro atoms. The highest BCUT2D eigenvalue weighted by Gasteiger charge is 2.19. The first kappa shape index (κ1) is 13.9. The van der Waals surface area contributed by atoms with E-state index in [0.29, 0.717) is 6.04 Å². The first-order valence-electron chi connectivity index (χ1n) is 7.28. The molecule has 0 unspecified atom stereocenters. The molecule has 0 amide bonds. The van der Waals surface area contributed by atoms with Gasteiger partial charge in [0.25, 0.3) is 0 Å². The van der Waals surface area contributed by atoms with Crippen LogP contribution in [0, 0.1) is 0 Å². The van der Waals surface area contributed by atoms with Gasteiger partial charge in [0.15, 0.2) is 0 Å². The largest absolute Gasteiger partial charge is 0.468 e. The molecule has 4 heteroatoms. The van der Waals surface area contributed by atoms with Gasteiger partial charge in [0.2, 0.25) is 0 Å². The summed E-state index contributed by atoms with van der Waals surface area (Å²) >= 11 is 1.89. The third kappa shape index (κ3) is 3.14. The SMILES string of the molecule is CC(C)NCc1ccoc1CN1CCc2sccc2C1. The van der Waals surface area contributed by atoms with Gasteiger partial charge in [-0.3, -0.25) is 4.90 Å². The molecule has 0 aliphatic carbocycles. The van der Waals surface area contributed by atoms with Gasteiger partial charge < -0.3 is 9.73 Å². The number of rotatable bonds is 5. The second kappa shape index (κ2) is 6.12. The Labute approximate surface area is 124 Å². The Morgan fingerprint density at radius 3 is 3.15 bits per heavy atom. The molecule has 3 heterocycles. The third-order valence-electron chi connectivity index (χ3n) is 3.79. The fraction of sp³-hybridized carbons (Fsp3) is 0.500. The van der Waals surface area contributed by atoms with Crippen molar-refractivity contribution in [3.63, 3.8) is 0 Å². The van der Waals surface area contributed by atoms with Crippen LogP contribution in [0.25, 0.3) is 0 Å². The maximum Gasteiger partial charge on any atom is 0.122 e. The lowest BCUT2D eigenvalue weighted by atomic mass is 10.1. The molecule has 2 aromatic heterocycles. The normalized spacial score (nSPS) is 15.8. The van der Waals surface area contributed by atoms with E-state index in [1.807, 2.05) is 17.6 Å². The van der Waals surface area contributed by atoms with Crippen LogP contribution in [0.2, 0.25) is 0 Å². The highest BCUT2D eigenvalue weighted by atomic mass is 32.1. The zero-order valence-corrected chi connectivity index (χ0v) is 13.0. The zero-order chi connectivity index (χ0) is 13.9. The number of nitrogens with one attached hydrogen (secondary N) is 1. The number of nitrogens with zero attached hydrogens (tertiary/aromatic N) is 1. The molecule has 0 fully saturated rings. The van der Waals surface area contributed by atoms with E-state index in [4.69, 9.17) is 4.42 Å². The molecule has 2 aromatic rings. The lowest BCUT2D eigenvalue weighted by Crippen LogP contribution is -2.29. The highest BCUT2D eigenvalue weighted by molar-refractivity contribution is 7.10. The summed E-state index contributed by atoms with van der Waals surface area (Å²) in [5, 5.41) is 5.67. The first-order chi connectivity index (χ1) is 9.72. The summed E-state index contributed by atoms with van der Waals surface area (Å²) in [5.41, 5.74) is 2.78. The van der Waals surface area contributed by atoms with E-state index >= 15 is 0 Å². The lowest BCUT2D eigenvalue weighted by Gasteiger charge is -2.26.